The summed E-state index contributed by atoms with van der Waals surface area (Å²) in [6.07, 6.45) is 3.08. The third kappa shape index (κ3) is 3.14. The van der Waals surface area contributed by atoms with Crippen molar-refractivity contribution < 1.29 is 4.39 Å². The minimum Gasteiger partial charge on any atom is -0.367 e. The summed E-state index contributed by atoms with van der Waals surface area (Å²) in [5.41, 5.74) is 0. The normalized spacial score (nSPS) is 10.1. The second-order valence-corrected chi connectivity index (χ2v) is 2.95. The third-order valence-corrected chi connectivity index (χ3v) is 1.72. The van der Waals surface area contributed by atoms with Gasteiger partial charge in [-0.3, -0.25) is 0 Å². The van der Waals surface area contributed by atoms with Crippen molar-refractivity contribution in [3.05, 3.63) is 17.3 Å². The van der Waals surface area contributed by atoms with Crippen LogP contribution in [-0.4, -0.2) is 16.5 Å². The van der Waals surface area contributed by atoms with Gasteiger partial charge in [0, 0.05) is 6.54 Å². The highest BCUT2D eigenvalue weighted by molar-refractivity contribution is 6.28. The first kappa shape index (κ1) is 10.2. The maximum atomic E-state index is 13.0. The smallest absolute Gasteiger partial charge is 0.224 e. The van der Waals surface area contributed by atoms with E-state index < -0.39 is 5.82 Å². The number of aromatic nitrogens is 2. The van der Waals surface area contributed by atoms with Crippen molar-refractivity contribution in [2.75, 3.05) is 11.9 Å². The Morgan fingerprint density at radius 3 is 3.08 bits per heavy atom. The van der Waals surface area contributed by atoms with Crippen LogP contribution in [0.2, 0.25) is 5.28 Å². The monoisotopic (exact) mass is 203 g/mol. The van der Waals surface area contributed by atoms with Crippen molar-refractivity contribution in [3.8, 4) is 0 Å². The van der Waals surface area contributed by atoms with Crippen LogP contribution >= 0.6 is 11.6 Å². The highest BCUT2D eigenvalue weighted by Crippen LogP contribution is 2.11. The van der Waals surface area contributed by atoms with Crippen molar-refractivity contribution in [2.24, 2.45) is 0 Å². The average Bonchev–Trinajstić information content (AvgIpc) is 2.11. The van der Waals surface area contributed by atoms with Crippen LogP contribution in [-0.2, 0) is 0 Å². The number of rotatable bonds is 4. The summed E-state index contributed by atoms with van der Waals surface area (Å²) in [7, 11) is 0. The number of unbranched alkanes of at least 4 members (excludes halogenated alkanes) is 1. The Morgan fingerprint density at radius 2 is 2.38 bits per heavy atom. The number of hydrogen-bond donors (Lipinski definition) is 1. The van der Waals surface area contributed by atoms with Crippen LogP contribution in [0, 0.1) is 5.82 Å². The molecule has 1 rings (SSSR count). The van der Waals surface area contributed by atoms with Crippen LogP contribution in [0.25, 0.3) is 0 Å². The van der Waals surface area contributed by atoms with Crippen LogP contribution in [0.15, 0.2) is 6.20 Å². The average molecular weight is 204 g/mol. The van der Waals surface area contributed by atoms with Gasteiger partial charge >= 0.3 is 0 Å². The van der Waals surface area contributed by atoms with Crippen molar-refractivity contribution in [3.63, 3.8) is 0 Å². The third-order valence-electron chi connectivity index (χ3n) is 1.54. The molecule has 0 saturated heterocycles. The van der Waals surface area contributed by atoms with E-state index in [4.69, 9.17) is 11.6 Å². The summed E-state index contributed by atoms with van der Waals surface area (Å²) in [6.45, 7) is 2.76. The van der Waals surface area contributed by atoms with Crippen LogP contribution in [0.5, 0.6) is 0 Å². The molecule has 0 aliphatic heterocycles. The number of anilines is 1. The zero-order valence-electron chi connectivity index (χ0n) is 7.35. The molecule has 0 atom stereocenters. The fourth-order valence-corrected chi connectivity index (χ4v) is 0.986. The molecule has 0 saturated carbocycles. The quantitative estimate of drug-likeness (QED) is 0.604. The minimum absolute atomic E-state index is 0.0559. The van der Waals surface area contributed by atoms with Gasteiger partial charge < -0.3 is 5.32 Å². The number of nitrogens with one attached hydrogen (secondary N) is 1. The molecule has 0 aliphatic rings. The minimum atomic E-state index is -0.472. The van der Waals surface area contributed by atoms with Gasteiger partial charge in [0.05, 0.1) is 6.20 Å². The van der Waals surface area contributed by atoms with E-state index >= 15 is 0 Å². The van der Waals surface area contributed by atoms with E-state index in [0.29, 0.717) is 6.54 Å². The summed E-state index contributed by atoms with van der Waals surface area (Å²) in [4.78, 5) is 7.22. The molecular weight excluding hydrogens is 193 g/mol. The Morgan fingerprint density at radius 1 is 1.62 bits per heavy atom. The number of halogens is 2. The topological polar surface area (TPSA) is 37.8 Å². The van der Waals surface area contributed by atoms with E-state index in [1.165, 1.54) is 0 Å². The standard InChI is InChI=1S/C8H11ClFN3/c1-2-3-4-11-7-6(10)5-12-8(9)13-7/h5H,2-4H2,1H3,(H,11,12,13). The molecular formula is C8H11ClFN3. The van der Waals surface area contributed by atoms with E-state index in [1.54, 1.807) is 0 Å². The van der Waals surface area contributed by atoms with Crippen molar-refractivity contribution in [2.45, 2.75) is 19.8 Å². The molecule has 1 aromatic heterocycles. The SMILES string of the molecule is CCCCNc1nc(Cl)ncc1F. The zero-order chi connectivity index (χ0) is 9.68. The molecule has 0 aliphatic carbocycles. The fraction of sp³-hybridized carbons (Fsp3) is 0.500. The molecule has 13 heavy (non-hydrogen) atoms. The lowest BCUT2D eigenvalue weighted by Gasteiger charge is -2.04. The Balaban J connectivity index is 2.59. The molecule has 0 radical (unpaired) electrons. The van der Waals surface area contributed by atoms with E-state index in [0.717, 1.165) is 19.0 Å². The van der Waals surface area contributed by atoms with Crippen LogP contribution in [0.1, 0.15) is 19.8 Å². The summed E-state index contributed by atoms with van der Waals surface area (Å²) < 4.78 is 13.0. The summed E-state index contributed by atoms with van der Waals surface area (Å²) in [5, 5.41) is 2.90. The predicted octanol–water partition coefficient (Wildman–Crippen LogP) is 2.48. The van der Waals surface area contributed by atoms with Crippen molar-refractivity contribution in [1.82, 2.24) is 9.97 Å². The van der Waals surface area contributed by atoms with Gasteiger partial charge in [0.1, 0.15) is 0 Å². The van der Waals surface area contributed by atoms with Gasteiger partial charge in [0.25, 0.3) is 0 Å². The second kappa shape index (κ2) is 4.97. The Hall–Kier alpha value is -0.900. The lowest BCUT2D eigenvalue weighted by atomic mass is 10.3. The summed E-state index contributed by atoms with van der Waals surface area (Å²) >= 11 is 5.50. The molecule has 0 fully saturated rings. The number of nitrogens with zero attached hydrogens (tertiary/aromatic N) is 2. The second-order valence-electron chi connectivity index (χ2n) is 2.62. The van der Waals surface area contributed by atoms with Gasteiger partial charge in [-0.15, -0.1) is 0 Å². The first-order valence-electron chi connectivity index (χ1n) is 4.16. The molecule has 5 heteroatoms. The van der Waals surface area contributed by atoms with Gasteiger partial charge in [-0.25, -0.2) is 9.37 Å². The molecule has 3 nitrogen and oxygen atoms in total. The van der Waals surface area contributed by atoms with Crippen LogP contribution in [0.4, 0.5) is 10.2 Å². The maximum absolute atomic E-state index is 13.0. The molecule has 1 heterocycles. The lowest BCUT2D eigenvalue weighted by molar-refractivity contribution is 0.616. The fourth-order valence-electron chi connectivity index (χ4n) is 0.853. The van der Waals surface area contributed by atoms with E-state index in [1.807, 2.05) is 0 Å². The first-order valence-corrected chi connectivity index (χ1v) is 4.53. The molecule has 0 spiro atoms. The molecule has 0 amide bonds. The van der Waals surface area contributed by atoms with Crippen LogP contribution in [0.3, 0.4) is 0 Å². The molecule has 0 unspecified atom stereocenters. The van der Waals surface area contributed by atoms with Gasteiger partial charge in [-0.05, 0) is 18.0 Å². The van der Waals surface area contributed by atoms with Crippen molar-refractivity contribution >= 4 is 17.4 Å². The highest BCUT2D eigenvalue weighted by Gasteiger charge is 2.03. The lowest BCUT2D eigenvalue weighted by Crippen LogP contribution is -2.05. The molecule has 1 aromatic rings. The van der Waals surface area contributed by atoms with Crippen molar-refractivity contribution in [1.29, 1.82) is 0 Å². The van der Waals surface area contributed by atoms with Gasteiger partial charge in [-0.2, -0.15) is 4.98 Å². The summed E-state index contributed by atoms with van der Waals surface area (Å²) in [6, 6.07) is 0. The molecule has 0 aromatic carbocycles. The van der Waals surface area contributed by atoms with E-state index in [9.17, 15) is 4.39 Å². The number of hydrogen-bond acceptors (Lipinski definition) is 3. The maximum Gasteiger partial charge on any atom is 0.224 e. The Kier molecular flexibility index (Phi) is 3.89. The van der Waals surface area contributed by atoms with Gasteiger partial charge in [-0.1, -0.05) is 13.3 Å². The van der Waals surface area contributed by atoms with Crippen LogP contribution < -0.4 is 5.32 Å². The van der Waals surface area contributed by atoms with E-state index in [-0.39, 0.29) is 11.1 Å². The largest absolute Gasteiger partial charge is 0.367 e. The first-order chi connectivity index (χ1) is 6.24. The predicted molar refractivity (Wildman–Crippen MR) is 50.4 cm³/mol. The van der Waals surface area contributed by atoms with Gasteiger partial charge in [0.15, 0.2) is 11.6 Å². The molecule has 0 bridgehead atoms. The highest BCUT2D eigenvalue weighted by atomic mass is 35.5. The molecule has 72 valence electrons. The Bertz CT molecular complexity index is 280. The molecule has 1 N–H and O–H groups in total. The van der Waals surface area contributed by atoms with E-state index in [2.05, 4.69) is 22.2 Å². The Labute approximate surface area is 81.3 Å². The summed E-state index contributed by atoms with van der Waals surface area (Å²) in [5.74, 6) is -0.297. The van der Waals surface area contributed by atoms with Gasteiger partial charge in [0.2, 0.25) is 5.28 Å². The zero-order valence-corrected chi connectivity index (χ0v) is 8.10.